The maximum absolute atomic E-state index is 12.7. The third-order valence-corrected chi connectivity index (χ3v) is 5.27. The number of nitrogens with zero attached hydrogens (tertiary/aromatic N) is 2. The average molecular weight is 389 g/mol. The minimum atomic E-state index is 0.0732. The molecule has 26 heavy (non-hydrogen) atoms. The van der Waals surface area contributed by atoms with E-state index < -0.39 is 0 Å². The van der Waals surface area contributed by atoms with Crippen LogP contribution in [0.25, 0.3) is 0 Å². The van der Waals surface area contributed by atoms with Gasteiger partial charge >= 0.3 is 0 Å². The smallest absolute Gasteiger partial charge is 0.233 e. The molecule has 0 radical (unpaired) electrons. The van der Waals surface area contributed by atoms with Crippen molar-refractivity contribution in [1.82, 2.24) is 4.90 Å². The number of benzene rings is 2. The summed E-state index contributed by atoms with van der Waals surface area (Å²) < 4.78 is 5.44. The molecule has 4 nitrogen and oxygen atoms in total. The standard InChI is InChI=1S/C20H21ClN2O2S/c1-2-25-18-8-6-15(7-9-18)13-19(24)23-11-10-22-20(23)26-14-16-4-3-5-17(21)12-16/h3-9,12H,2,10-11,13-14H2,1H3. The molecule has 0 saturated heterocycles. The molecule has 2 aromatic rings. The van der Waals surface area contributed by atoms with E-state index in [-0.39, 0.29) is 5.91 Å². The van der Waals surface area contributed by atoms with Gasteiger partial charge in [-0.1, -0.05) is 47.6 Å². The average Bonchev–Trinajstić information content (AvgIpc) is 3.11. The highest BCUT2D eigenvalue weighted by molar-refractivity contribution is 8.13. The van der Waals surface area contributed by atoms with Crippen molar-refractivity contribution in [3.63, 3.8) is 0 Å². The molecule has 2 aromatic carbocycles. The first-order chi connectivity index (χ1) is 12.7. The van der Waals surface area contributed by atoms with Gasteiger partial charge in [0.1, 0.15) is 5.75 Å². The summed E-state index contributed by atoms with van der Waals surface area (Å²) in [5.74, 6) is 1.64. The molecule has 1 aliphatic heterocycles. The molecule has 0 saturated carbocycles. The number of rotatable bonds is 6. The van der Waals surface area contributed by atoms with E-state index in [1.165, 1.54) is 0 Å². The number of hydrogen-bond donors (Lipinski definition) is 0. The van der Waals surface area contributed by atoms with Crippen molar-refractivity contribution >= 4 is 34.4 Å². The first kappa shape index (κ1) is 18.8. The summed E-state index contributed by atoms with van der Waals surface area (Å²) in [7, 11) is 0. The first-order valence-electron chi connectivity index (χ1n) is 8.59. The normalized spacial score (nSPS) is 13.6. The van der Waals surface area contributed by atoms with Gasteiger partial charge in [0, 0.05) is 17.3 Å². The van der Waals surface area contributed by atoms with Gasteiger partial charge in [-0.05, 0) is 42.3 Å². The summed E-state index contributed by atoms with van der Waals surface area (Å²) in [6.45, 7) is 3.89. The Bertz CT molecular complexity index is 793. The second-order valence-corrected chi connectivity index (χ2v) is 7.26. The lowest BCUT2D eigenvalue weighted by Crippen LogP contribution is -2.34. The maximum atomic E-state index is 12.7. The quantitative estimate of drug-likeness (QED) is 0.735. The van der Waals surface area contributed by atoms with E-state index in [0.29, 0.717) is 26.1 Å². The Balaban J connectivity index is 1.57. The number of aliphatic imine (C=N–C) groups is 1. The second kappa shape index (κ2) is 9.10. The number of hydrogen-bond acceptors (Lipinski definition) is 4. The highest BCUT2D eigenvalue weighted by atomic mass is 35.5. The zero-order chi connectivity index (χ0) is 18.4. The van der Waals surface area contributed by atoms with E-state index in [0.717, 1.165) is 32.8 Å². The lowest BCUT2D eigenvalue weighted by molar-refractivity contribution is -0.126. The molecule has 0 N–H and O–H groups in total. The van der Waals surface area contributed by atoms with Crippen LogP contribution >= 0.6 is 23.4 Å². The Kier molecular flexibility index (Phi) is 6.58. The summed E-state index contributed by atoms with van der Waals surface area (Å²) >= 11 is 7.61. The lowest BCUT2D eigenvalue weighted by atomic mass is 10.1. The topological polar surface area (TPSA) is 41.9 Å². The van der Waals surface area contributed by atoms with E-state index in [1.807, 2.05) is 55.5 Å². The third kappa shape index (κ3) is 5.02. The molecule has 0 bridgehead atoms. The van der Waals surface area contributed by atoms with Crippen LogP contribution in [-0.4, -0.2) is 35.7 Å². The molecule has 0 fully saturated rings. The van der Waals surface area contributed by atoms with Crippen molar-refractivity contribution in [1.29, 1.82) is 0 Å². The van der Waals surface area contributed by atoms with Crippen molar-refractivity contribution < 1.29 is 9.53 Å². The van der Waals surface area contributed by atoms with Crippen LogP contribution in [-0.2, 0) is 17.0 Å². The zero-order valence-corrected chi connectivity index (χ0v) is 16.2. The van der Waals surface area contributed by atoms with E-state index in [1.54, 1.807) is 16.7 Å². The number of ether oxygens (including phenoxy) is 1. The van der Waals surface area contributed by atoms with Crippen molar-refractivity contribution in [2.75, 3.05) is 19.7 Å². The molecule has 1 heterocycles. The molecule has 136 valence electrons. The van der Waals surface area contributed by atoms with E-state index in [9.17, 15) is 4.79 Å². The second-order valence-electron chi connectivity index (χ2n) is 5.88. The van der Waals surface area contributed by atoms with Gasteiger partial charge in [0.05, 0.1) is 19.6 Å². The van der Waals surface area contributed by atoms with Crippen LogP contribution in [0.1, 0.15) is 18.1 Å². The third-order valence-electron chi connectivity index (χ3n) is 3.95. The van der Waals surface area contributed by atoms with E-state index in [4.69, 9.17) is 16.3 Å². The predicted molar refractivity (Wildman–Crippen MR) is 108 cm³/mol. The van der Waals surface area contributed by atoms with Crippen molar-refractivity contribution in [2.45, 2.75) is 19.1 Å². The number of halogens is 1. The van der Waals surface area contributed by atoms with Gasteiger partial charge in [-0.2, -0.15) is 0 Å². The van der Waals surface area contributed by atoms with Crippen LogP contribution in [0.4, 0.5) is 0 Å². The molecule has 1 aliphatic rings. The van der Waals surface area contributed by atoms with Gasteiger partial charge in [-0.3, -0.25) is 14.7 Å². The van der Waals surface area contributed by atoms with Crippen molar-refractivity contribution in [3.05, 3.63) is 64.7 Å². The van der Waals surface area contributed by atoms with Crippen LogP contribution in [0.3, 0.4) is 0 Å². The van der Waals surface area contributed by atoms with Crippen molar-refractivity contribution in [2.24, 2.45) is 4.99 Å². The van der Waals surface area contributed by atoms with Gasteiger partial charge in [0.2, 0.25) is 5.91 Å². The van der Waals surface area contributed by atoms with Crippen LogP contribution in [0.15, 0.2) is 53.5 Å². The Hall–Kier alpha value is -1.98. The molecule has 0 atom stereocenters. The van der Waals surface area contributed by atoms with Gasteiger partial charge < -0.3 is 4.74 Å². The fraction of sp³-hybridized carbons (Fsp3) is 0.300. The Morgan fingerprint density at radius 3 is 2.77 bits per heavy atom. The number of thioether (sulfide) groups is 1. The number of carbonyl (C=O) groups excluding carboxylic acids is 1. The lowest BCUT2D eigenvalue weighted by Gasteiger charge is -2.18. The van der Waals surface area contributed by atoms with Crippen LogP contribution in [0.5, 0.6) is 5.75 Å². The van der Waals surface area contributed by atoms with Gasteiger partial charge in [0.25, 0.3) is 0 Å². The number of carbonyl (C=O) groups is 1. The molecule has 0 spiro atoms. The van der Waals surface area contributed by atoms with Crippen LogP contribution in [0, 0.1) is 0 Å². The molecule has 0 aromatic heterocycles. The molecule has 6 heteroatoms. The van der Waals surface area contributed by atoms with Gasteiger partial charge in [-0.25, -0.2) is 0 Å². The minimum Gasteiger partial charge on any atom is -0.494 e. The fourth-order valence-corrected chi connectivity index (χ4v) is 3.92. The van der Waals surface area contributed by atoms with Crippen LogP contribution in [0.2, 0.25) is 5.02 Å². The molecule has 0 aliphatic carbocycles. The minimum absolute atomic E-state index is 0.0732. The number of amidine groups is 1. The Morgan fingerprint density at radius 1 is 1.23 bits per heavy atom. The largest absolute Gasteiger partial charge is 0.494 e. The van der Waals surface area contributed by atoms with Crippen LogP contribution < -0.4 is 4.74 Å². The Labute approximate surface area is 163 Å². The summed E-state index contributed by atoms with van der Waals surface area (Å²) in [5.41, 5.74) is 2.10. The van der Waals surface area contributed by atoms with Gasteiger partial charge in [0.15, 0.2) is 5.17 Å². The summed E-state index contributed by atoms with van der Waals surface area (Å²) in [6.07, 6.45) is 0.364. The molecule has 1 amide bonds. The highest BCUT2D eigenvalue weighted by Gasteiger charge is 2.24. The molecule has 0 unspecified atom stereocenters. The summed E-state index contributed by atoms with van der Waals surface area (Å²) in [4.78, 5) is 19.0. The molecule has 3 rings (SSSR count). The first-order valence-corrected chi connectivity index (χ1v) is 9.96. The Morgan fingerprint density at radius 2 is 2.04 bits per heavy atom. The maximum Gasteiger partial charge on any atom is 0.233 e. The van der Waals surface area contributed by atoms with Gasteiger partial charge in [-0.15, -0.1) is 0 Å². The SMILES string of the molecule is CCOc1ccc(CC(=O)N2CCN=C2SCc2cccc(Cl)c2)cc1. The number of amides is 1. The zero-order valence-electron chi connectivity index (χ0n) is 14.7. The summed E-state index contributed by atoms with van der Waals surface area (Å²) in [6, 6.07) is 15.4. The van der Waals surface area contributed by atoms with Crippen molar-refractivity contribution in [3.8, 4) is 5.75 Å². The highest BCUT2D eigenvalue weighted by Crippen LogP contribution is 2.22. The monoisotopic (exact) mass is 388 g/mol. The molecular weight excluding hydrogens is 368 g/mol. The predicted octanol–water partition coefficient (Wildman–Crippen LogP) is 4.41. The molecular formula is C20H21ClN2O2S. The fourth-order valence-electron chi connectivity index (χ4n) is 2.70. The van der Waals surface area contributed by atoms with E-state index >= 15 is 0 Å². The summed E-state index contributed by atoms with van der Waals surface area (Å²) in [5, 5.41) is 1.51. The van der Waals surface area contributed by atoms with E-state index in [2.05, 4.69) is 4.99 Å².